The van der Waals surface area contributed by atoms with Crippen molar-refractivity contribution in [2.45, 2.75) is 25.8 Å². The molecule has 0 spiro atoms. The zero-order valence-electron chi connectivity index (χ0n) is 13.7. The van der Waals surface area contributed by atoms with Gasteiger partial charge in [0, 0.05) is 26.1 Å². The number of likely N-dealkylation sites (tertiary alicyclic amines) is 1. The van der Waals surface area contributed by atoms with Crippen LogP contribution in [-0.4, -0.2) is 48.1 Å². The molecule has 1 saturated heterocycles. The van der Waals surface area contributed by atoms with Crippen molar-refractivity contribution in [3.8, 4) is 5.75 Å². The maximum Gasteiger partial charge on any atom is 0.321 e. The monoisotopic (exact) mass is 348 g/mol. The topological polar surface area (TPSA) is 83.6 Å². The van der Waals surface area contributed by atoms with Crippen molar-refractivity contribution >= 4 is 38.6 Å². The highest BCUT2D eigenvalue weighted by molar-refractivity contribution is 7.22. The molecule has 128 valence electrons. The van der Waals surface area contributed by atoms with Gasteiger partial charge in [0.25, 0.3) is 0 Å². The van der Waals surface area contributed by atoms with Gasteiger partial charge in [-0.2, -0.15) is 0 Å². The van der Waals surface area contributed by atoms with Gasteiger partial charge in [-0.15, -0.1) is 0 Å². The van der Waals surface area contributed by atoms with Crippen LogP contribution in [0.5, 0.6) is 5.75 Å². The Labute approximate surface area is 144 Å². The molecule has 0 radical (unpaired) electrons. The fraction of sp³-hybridized carbons (Fsp3) is 0.438. The zero-order valence-corrected chi connectivity index (χ0v) is 14.5. The van der Waals surface area contributed by atoms with Crippen molar-refractivity contribution in [1.29, 1.82) is 0 Å². The third-order valence-electron chi connectivity index (χ3n) is 4.09. The molecule has 24 heavy (non-hydrogen) atoms. The number of carbonyl (C=O) groups is 2. The molecular weight excluding hydrogens is 328 g/mol. The lowest BCUT2D eigenvalue weighted by Gasteiger charge is -2.31. The minimum atomic E-state index is -0.262. The predicted octanol–water partition coefficient (Wildman–Crippen LogP) is 2.44. The lowest BCUT2D eigenvalue weighted by Crippen LogP contribution is -2.47. The molecule has 1 fully saturated rings. The Balaban J connectivity index is 1.56. The number of rotatable bonds is 3. The lowest BCUT2D eigenvalue weighted by atomic mass is 10.1. The standard InChI is InChI=1S/C16H20N4O3S/c1-10(21)20-7-5-11(6-8-20)17-15(22)19-16-18-13-4-3-12(23-2)9-14(13)24-16/h3-4,9,11H,5-8H2,1-2H3,(H2,17,18,19,22). The van der Waals surface area contributed by atoms with Gasteiger partial charge in [0.1, 0.15) is 5.75 Å². The summed E-state index contributed by atoms with van der Waals surface area (Å²) in [5.41, 5.74) is 0.825. The molecule has 7 nitrogen and oxygen atoms in total. The fourth-order valence-electron chi connectivity index (χ4n) is 2.74. The third kappa shape index (κ3) is 3.76. The molecule has 0 aliphatic carbocycles. The SMILES string of the molecule is COc1ccc2nc(NC(=O)NC3CCN(C(C)=O)CC3)sc2c1. The highest BCUT2D eigenvalue weighted by Gasteiger charge is 2.22. The van der Waals surface area contributed by atoms with Gasteiger partial charge in [-0.05, 0) is 31.0 Å². The zero-order chi connectivity index (χ0) is 17.1. The Morgan fingerprint density at radius 2 is 2.08 bits per heavy atom. The van der Waals surface area contributed by atoms with Gasteiger partial charge < -0.3 is 15.0 Å². The number of carbonyl (C=O) groups excluding carboxylic acids is 2. The van der Waals surface area contributed by atoms with Crippen LogP contribution in [0.3, 0.4) is 0 Å². The normalized spacial score (nSPS) is 15.3. The van der Waals surface area contributed by atoms with E-state index in [1.165, 1.54) is 11.3 Å². The first-order valence-corrected chi connectivity index (χ1v) is 8.64. The molecule has 2 aromatic rings. The average Bonchev–Trinajstić information content (AvgIpc) is 2.96. The van der Waals surface area contributed by atoms with Crippen LogP contribution in [0.4, 0.5) is 9.93 Å². The van der Waals surface area contributed by atoms with E-state index in [9.17, 15) is 9.59 Å². The molecule has 2 N–H and O–H groups in total. The van der Waals surface area contributed by atoms with E-state index in [1.54, 1.807) is 18.9 Å². The van der Waals surface area contributed by atoms with Crippen molar-refractivity contribution < 1.29 is 14.3 Å². The van der Waals surface area contributed by atoms with Crippen molar-refractivity contribution in [2.24, 2.45) is 0 Å². The number of amides is 3. The van der Waals surface area contributed by atoms with E-state index in [-0.39, 0.29) is 18.0 Å². The van der Waals surface area contributed by atoms with E-state index in [2.05, 4.69) is 15.6 Å². The minimum Gasteiger partial charge on any atom is -0.497 e. The van der Waals surface area contributed by atoms with Gasteiger partial charge in [-0.25, -0.2) is 9.78 Å². The number of ether oxygens (including phenoxy) is 1. The smallest absolute Gasteiger partial charge is 0.321 e. The molecule has 1 aliphatic rings. The Morgan fingerprint density at radius 1 is 1.33 bits per heavy atom. The van der Waals surface area contributed by atoms with Crippen LogP contribution in [0.1, 0.15) is 19.8 Å². The van der Waals surface area contributed by atoms with E-state index in [0.717, 1.165) is 28.8 Å². The average molecular weight is 348 g/mol. The molecular formula is C16H20N4O3S. The number of urea groups is 1. The maximum atomic E-state index is 12.1. The van der Waals surface area contributed by atoms with Crippen LogP contribution >= 0.6 is 11.3 Å². The molecule has 3 rings (SSSR count). The summed E-state index contributed by atoms with van der Waals surface area (Å²) in [7, 11) is 1.62. The van der Waals surface area contributed by atoms with Gasteiger partial charge in [0.15, 0.2) is 5.13 Å². The lowest BCUT2D eigenvalue weighted by molar-refractivity contribution is -0.129. The maximum absolute atomic E-state index is 12.1. The van der Waals surface area contributed by atoms with Gasteiger partial charge in [0.2, 0.25) is 5.91 Å². The fourth-order valence-corrected chi connectivity index (χ4v) is 3.63. The minimum absolute atomic E-state index is 0.0788. The Hall–Kier alpha value is -2.35. The molecule has 8 heteroatoms. The Kier molecular flexibility index (Phi) is 4.84. The molecule has 2 heterocycles. The van der Waals surface area contributed by atoms with E-state index in [1.807, 2.05) is 18.2 Å². The van der Waals surface area contributed by atoms with Gasteiger partial charge >= 0.3 is 6.03 Å². The molecule has 0 unspecified atom stereocenters. The molecule has 1 aromatic heterocycles. The van der Waals surface area contributed by atoms with Gasteiger partial charge in [-0.1, -0.05) is 11.3 Å². The van der Waals surface area contributed by atoms with E-state index >= 15 is 0 Å². The van der Waals surface area contributed by atoms with Gasteiger partial charge in [0.05, 0.1) is 17.3 Å². The number of anilines is 1. The van der Waals surface area contributed by atoms with Gasteiger partial charge in [-0.3, -0.25) is 10.1 Å². The second kappa shape index (κ2) is 7.04. The van der Waals surface area contributed by atoms with Crippen LogP contribution in [-0.2, 0) is 4.79 Å². The van der Waals surface area contributed by atoms with E-state index in [4.69, 9.17) is 4.74 Å². The van der Waals surface area contributed by atoms with Crippen LogP contribution in [0.2, 0.25) is 0 Å². The summed E-state index contributed by atoms with van der Waals surface area (Å²) in [6, 6.07) is 5.42. The first kappa shape index (κ1) is 16.5. The number of hydrogen-bond acceptors (Lipinski definition) is 5. The number of benzene rings is 1. The van der Waals surface area contributed by atoms with Crippen molar-refractivity contribution in [1.82, 2.24) is 15.2 Å². The number of thiazole rings is 1. The summed E-state index contributed by atoms with van der Waals surface area (Å²) in [4.78, 5) is 29.6. The second-order valence-corrected chi connectivity index (χ2v) is 6.76. The third-order valence-corrected chi connectivity index (χ3v) is 5.03. The van der Waals surface area contributed by atoms with Crippen molar-refractivity contribution in [3.05, 3.63) is 18.2 Å². The first-order chi connectivity index (χ1) is 11.5. The number of fused-ring (bicyclic) bond motifs is 1. The number of piperidine rings is 1. The molecule has 0 atom stereocenters. The molecule has 0 bridgehead atoms. The number of nitrogens with zero attached hydrogens (tertiary/aromatic N) is 2. The molecule has 1 aromatic carbocycles. The van der Waals surface area contributed by atoms with E-state index in [0.29, 0.717) is 18.2 Å². The number of nitrogens with one attached hydrogen (secondary N) is 2. The molecule has 3 amide bonds. The number of methoxy groups -OCH3 is 1. The van der Waals surface area contributed by atoms with Crippen molar-refractivity contribution in [3.63, 3.8) is 0 Å². The summed E-state index contributed by atoms with van der Waals surface area (Å²) in [5.74, 6) is 0.849. The Bertz CT molecular complexity index is 753. The highest BCUT2D eigenvalue weighted by atomic mass is 32.1. The number of hydrogen-bond donors (Lipinski definition) is 2. The summed E-state index contributed by atoms with van der Waals surface area (Å²) in [5, 5.41) is 6.29. The first-order valence-electron chi connectivity index (χ1n) is 7.83. The van der Waals surface area contributed by atoms with Crippen LogP contribution in [0, 0.1) is 0 Å². The summed E-state index contributed by atoms with van der Waals surface area (Å²) in [6.07, 6.45) is 1.54. The highest BCUT2D eigenvalue weighted by Crippen LogP contribution is 2.29. The summed E-state index contributed by atoms with van der Waals surface area (Å²) >= 11 is 1.41. The van der Waals surface area contributed by atoms with Crippen molar-refractivity contribution in [2.75, 3.05) is 25.5 Å². The summed E-state index contributed by atoms with van der Waals surface area (Å²) < 4.78 is 6.15. The largest absolute Gasteiger partial charge is 0.497 e. The molecule has 1 aliphatic heterocycles. The quantitative estimate of drug-likeness (QED) is 0.892. The van der Waals surface area contributed by atoms with Crippen LogP contribution in [0.15, 0.2) is 18.2 Å². The van der Waals surface area contributed by atoms with Crippen LogP contribution in [0.25, 0.3) is 10.2 Å². The number of aromatic nitrogens is 1. The second-order valence-electron chi connectivity index (χ2n) is 5.73. The van der Waals surface area contributed by atoms with E-state index < -0.39 is 0 Å². The molecule has 0 saturated carbocycles. The van der Waals surface area contributed by atoms with Crippen LogP contribution < -0.4 is 15.4 Å². The Morgan fingerprint density at radius 3 is 2.75 bits per heavy atom. The summed E-state index contributed by atoms with van der Waals surface area (Å²) in [6.45, 7) is 2.94. The predicted molar refractivity (Wildman–Crippen MR) is 93.6 cm³/mol.